The molecule has 1 aromatic carbocycles. The summed E-state index contributed by atoms with van der Waals surface area (Å²) < 4.78 is 18.9. The van der Waals surface area contributed by atoms with Crippen molar-refractivity contribution in [1.29, 1.82) is 0 Å². The van der Waals surface area contributed by atoms with Gasteiger partial charge in [0.1, 0.15) is 17.3 Å². The minimum absolute atomic E-state index is 0.256. The van der Waals surface area contributed by atoms with Crippen LogP contribution < -0.4 is 10.1 Å². The van der Waals surface area contributed by atoms with E-state index in [2.05, 4.69) is 24.1 Å². The van der Waals surface area contributed by atoms with Gasteiger partial charge in [-0.3, -0.25) is 4.98 Å². The van der Waals surface area contributed by atoms with Crippen LogP contribution in [0.15, 0.2) is 36.5 Å². The maximum Gasteiger partial charge on any atom is 0.130 e. The Balaban J connectivity index is 2.03. The van der Waals surface area contributed by atoms with Gasteiger partial charge in [-0.1, -0.05) is 13.8 Å². The minimum Gasteiger partial charge on any atom is -0.457 e. The molecule has 0 aliphatic rings. The monoisotopic (exact) mass is 288 g/mol. The third-order valence-corrected chi connectivity index (χ3v) is 3.01. The molecule has 0 saturated heterocycles. The molecule has 0 unspecified atom stereocenters. The SMILES string of the molecule is Cc1cc(F)ccc1Oc1ccnc(CNCC(C)C)c1. The molecular formula is C17H21FN2O. The lowest BCUT2D eigenvalue weighted by Crippen LogP contribution is -2.19. The fraction of sp³-hybridized carbons (Fsp3) is 0.353. The molecule has 0 aliphatic heterocycles. The molecule has 1 N–H and O–H groups in total. The minimum atomic E-state index is -0.256. The van der Waals surface area contributed by atoms with Crippen LogP contribution in [0.3, 0.4) is 0 Å². The number of halogens is 1. The highest BCUT2D eigenvalue weighted by molar-refractivity contribution is 5.37. The van der Waals surface area contributed by atoms with E-state index in [4.69, 9.17) is 4.74 Å². The molecule has 1 heterocycles. The molecule has 0 spiro atoms. The van der Waals surface area contributed by atoms with Crippen LogP contribution in [0, 0.1) is 18.7 Å². The Morgan fingerprint density at radius 3 is 2.76 bits per heavy atom. The molecule has 0 amide bonds. The van der Waals surface area contributed by atoms with Crippen LogP contribution in [0.2, 0.25) is 0 Å². The highest BCUT2D eigenvalue weighted by atomic mass is 19.1. The molecule has 2 aromatic rings. The van der Waals surface area contributed by atoms with E-state index in [0.717, 1.165) is 17.8 Å². The van der Waals surface area contributed by atoms with Crippen LogP contribution >= 0.6 is 0 Å². The first-order chi connectivity index (χ1) is 10.0. The molecule has 1 aromatic heterocycles. The van der Waals surface area contributed by atoms with Gasteiger partial charge < -0.3 is 10.1 Å². The number of nitrogens with one attached hydrogen (secondary N) is 1. The van der Waals surface area contributed by atoms with Gasteiger partial charge in [-0.2, -0.15) is 0 Å². The van der Waals surface area contributed by atoms with Gasteiger partial charge in [-0.25, -0.2) is 4.39 Å². The van der Waals surface area contributed by atoms with Crippen molar-refractivity contribution in [2.24, 2.45) is 5.92 Å². The number of nitrogens with zero attached hydrogens (tertiary/aromatic N) is 1. The van der Waals surface area contributed by atoms with Crippen LogP contribution in [0.1, 0.15) is 25.1 Å². The molecule has 3 nitrogen and oxygen atoms in total. The first-order valence-electron chi connectivity index (χ1n) is 7.14. The van der Waals surface area contributed by atoms with Crippen LogP contribution in [-0.4, -0.2) is 11.5 Å². The molecule has 2 rings (SSSR count). The molecule has 4 heteroatoms. The van der Waals surface area contributed by atoms with Crippen molar-refractivity contribution < 1.29 is 9.13 Å². The summed E-state index contributed by atoms with van der Waals surface area (Å²) in [6.45, 7) is 7.81. The molecule has 0 aliphatic carbocycles. The number of rotatable bonds is 6. The van der Waals surface area contributed by atoms with Gasteiger partial charge >= 0.3 is 0 Å². The second-order valence-corrected chi connectivity index (χ2v) is 5.52. The lowest BCUT2D eigenvalue weighted by molar-refractivity contribution is 0.473. The molecule has 0 atom stereocenters. The number of aryl methyl sites for hydroxylation is 1. The van der Waals surface area contributed by atoms with Crippen molar-refractivity contribution in [3.63, 3.8) is 0 Å². The van der Waals surface area contributed by atoms with Crippen molar-refractivity contribution in [2.45, 2.75) is 27.3 Å². The lowest BCUT2D eigenvalue weighted by atomic mass is 10.2. The fourth-order valence-electron chi connectivity index (χ4n) is 1.96. The third-order valence-electron chi connectivity index (χ3n) is 3.01. The zero-order chi connectivity index (χ0) is 15.2. The Bertz CT molecular complexity index is 599. The van der Waals surface area contributed by atoms with E-state index in [1.165, 1.54) is 12.1 Å². The number of aromatic nitrogens is 1. The normalized spacial score (nSPS) is 10.9. The summed E-state index contributed by atoms with van der Waals surface area (Å²) in [4.78, 5) is 4.31. The van der Waals surface area contributed by atoms with Crippen molar-refractivity contribution in [2.75, 3.05) is 6.54 Å². The average Bonchev–Trinajstić information content (AvgIpc) is 2.42. The summed E-state index contributed by atoms with van der Waals surface area (Å²) >= 11 is 0. The van der Waals surface area contributed by atoms with Gasteiger partial charge in [-0.05, 0) is 49.2 Å². The Kier molecular flexibility index (Phi) is 5.28. The number of pyridine rings is 1. The highest BCUT2D eigenvalue weighted by Gasteiger charge is 2.04. The molecule has 0 bridgehead atoms. The van der Waals surface area contributed by atoms with Gasteiger partial charge in [-0.15, -0.1) is 0 Å². The van der Waals surface area contributed by atoms with E-state index in [9.17, 15) is 4.39 Å². The molecule has 0 fully saturated rings. The van der Waals surface area contributed by atoms with E-state index in [0.29, 0.717) is 24.0 Å². The largest absolute Gasteiger partial charge is 0.457 e. The second-order valence-electron chi connectivity index (χ2n) is 5.52. The summed E-state index contributed by atoms with van der Waals surface area (Å²) in [6, 6.07) is 8.20. The van der Waals surface area contributed by atoms with Crippen LogP contribution in [-0.2, 0) is 6.54 Å². The standard InChI is InChI=1S/C17H21FN2O/c1-12(2)10-19-11-15-9-16(6-7-20-15)21-17-5-4-14(18)8-13(17)3/h4-9,12,19H,10-11H2,1-3H3. The van der Waals surface area contributed by atoms with Gasteiger partial charge in [0, 0.05) is 18.8 Å². The summed E-state index contributed by atoms with van der Waals surface area (Å²) in [5, 5.41) is 3.34. The Hall–Kier alpha value is -1.94. The molecule has 21 heavy (non-hydrogen) atoms. The summed E-state index contributed by atoms with van der Waals surface area (Å²) in [7, 11) is 0. The summed E-state index contributed by atoms with van der Waals surface area (Å²) in [5.74, 6) is 1.71. The third kappa shape index (κ3) is 4.83. The van der Waals surface area contributed by atoms with Gasteiger partial charge in [0.15, 0.2) is 0 Å². The number of hydrogen-bond donors (Lipinski definition) is 1. The van der Waals surface area contributed by atoms with E-state index in [1.807, 2.05) is 13.0 Å². The Morgan fingerprint density at radius 2 is 2.05 bits per heavy atom. The molecule has 0 radical (unpaired) electrons. The predicted molar refractivity (Wildman–Crippen MR) is 82.0 cm³/mol. The van der Waals surface area contributed by atoms with E-state index in [1.54, 1.807) is 18.3 Å². The molecular weight excluding hydrogens is 267 g/mol. The quantitative estimate of drug-likeness (QED) is 0.870. The van der Waals surface area contributed by atoms with Gasteiger partial charge in [0.05, 0.1) is 5.69 Å². The van der Waals surface area contributed by atoms with Crippen molar-refractivity contribution in [1.82, 2.24) is 10.3 Å². The molecule has 0 saturated carbocycles. The average molecular weight is 288 g/mol. The van der Waals surface area contributed by atoms with E-state index in [-0.39, 0.29) is 5.82 Å². The maximum absolute atomic E-state index is 13.1. The van der Waals surface area contributed by atoms with Crippen LogP contribution in [0.25, 0.3) is 0 Å². The van der Waals surface area contributed by atoms with Crippen molar-refractivity contribution in [3.8, 4) is 11.5 Å². The highest BCUT2D eigenvalue weighted by Crippen LogP contribution is 2.25. The summed E-state index contributed by atoms with van der Waals surface area (Å²) in [5.41, 5.74) is 1.69. The Labute approximate surface area is 125 Å². The fourth-order valence-corrected chi connectivity index (χ4v) is 1.96. The maximum atomic E-state index is 13.1. The van der Waals surface area contributed by atoms with Crippen LogP contribution in [0.4, 0.5) is 4.39 Å². The second kappa shape index (κ2) is 7.18. The number of hydrogen-bond acceptors (Lipinski definition) is 3. The topological polar surface area (TPSA) is 34.1 Å². The Morgan fingerprint density at radius 1 is 1.24 bits per heavy atom. The lowest BCUT2D eigenvalue weighted by Gasteiger charge is -2.10. The predicted octanol–water partition coefficient (Wildman–Crippen LogP) is 4.07. The summed E-state index contributed by atoms with van der Waals surface area (Å²) in [6.07, 6.45) is 1.72. The smallest absolute Gasteiger partial charge is 0.130 e. The van der Waals surface area contributed by atoms with E-state index >= 15 is 0 Å². The van der Waals surface area contributed by atoms with Gasteiger partial charge in [0.25, 0.3) is 0 Å². The first-order valence-corrected chi connectivity index (χ1v) is 7.14. The molecule has 112 valence electrons. The zero-order valence-corrected chi connectivity index (χ0v) is 12.7. The number of ether oxygens (including phenoxy) is 1. The number of benzene rings is 1. The van der Waals surface area contributed by atoms with Crippen LogP contribution in [0.5, 0.6) is 11.5 Å². The van der Waals surface area contributed by atoms with Gasteiger partial charge in [0.2, 0.25) is 0 Å². The first kappa shape index (κ1) is 15.4. The van der Waals surface area contributed by atoms with Crippen molar-refractivity contribution >= 4 is 0 Å². The van der Waals surface area contributed by atoms with E-state index < -0.39 is 0 Å². The van der Waals surface area contributed by atoms with Crippen molar-refractivity contribution in [3.05, 3.63) is 53.6 Å². The zero-order valence-electron chi connectivity index (χ0n) is 12.7.